The summed E-state index contributed by atoms with van der Waals surface area (Å²) in [6.45, 7) is 3.76. The number of carbonyl (C=O) groups is 1. The van der Waals surface area contributed by atoms with Gasteiger partial charge in [-0.1, -0.05) is 36.8 Å². The van der Waals surface area contributed by atoms with Crippen LogP contribution in [-0.2, 0) is 16.1 Å². The fourth-order valence-electron chi connectivity index (χ4n) is 2.31. The van der Waals surface area contributed by atoms with Gasteiger partial charge in [-0.2, -0.15) is 0 Å². The third-order valence-corrected chi connectivity index (χ3v) is 3.35. The van der Waals surface area contributed by atoms with Crippen LogP contribution < -0.4 is 5.48 Å². The van der Waals surface area contributed by atoms with Gasteiger partial charge in [-0.05, 0) is 31.5 Å². The van der Waals surface area contributed by atoms with Gasteiger partial charge < -0.3 is 4.90 Å². The number of piperidine rings is 1. The number of nitrogens with one attached hydrogen (secondary N) is 1. The van der Waals surface area contributed by atoms with E-state index in [1.807, 2.05) is 30.3 Å². The van der Waals surface area contributed by atoms with Crippen molar-refractivity contribution in [2.45, 2.75) is 25.7 Å². The molecule has 1 aliphatic heterocycles. The van der Waals surface area contributed by atoms with E-state index >= 15 is 0 Å². The van der Waals surface area contributed by atoms with Gasteiger partial charge in [-0.15, -0.1) is 0 Å². The van der Waals surface area contributed by atoms with Crippen LogP contribution >= 0.6 is 0 Å². The SMILES string of the molecule is O=C(Cc1ccccc1)NOCCN1CCCCC1. The van der Waals surface area contributed by atoms with E-state index in [4.69, 9.17) is 4.84 Å². The maximum absolute atomic E-state index is 11.6. The maximum atomic E-state index is 11.6. The second kappa shape index (κ2) is 7.92. The molecule has 1 N–H and O–H groups in total. The summed E-state index contributed by atoms with van der Waals surface area (Å²) in [7, 11) is 0. The van der Waals surface area contributed by atoms with Crippen molar-refractivity contribution in [1.29, 1.82) is 0 Å². The van der Waals surface area contributed by atoms with Gasteiger partial charge in [0.2, 0.25) is 5.91 Å². The van der Waals surface area contributed by atoms with Gasteiger partial charge in [-0.25, -0.2) is 5.48 Å². The molecule has 0 aromatic heterocycles. The molecule has 0 bridgehead atoms. The molecule has 1 fully saturated rings. The number of likely N-dealkylation sites (tertiary alicyclic amines) is 1. The number of hydrogen-bond acceptors (Lipinski definition) is 3. The summed E-state index contributed by atoms with van der Waals surface area (Å²) in [4.78, 5) is 19.2. The molecule has 0 atom stereocenters. The monoisotopic (exact) mass is 262 g/mol. The molecule has 0 unspecified atom stereocenters. The van der Waals surface area contributed by atoms with Crippen LogP contribution in [0.5, 0.6) is 0 Å². The van der Waals surface area contributed by atoms with Gasteiger partial charge in [0.05, 0.1) is 13.0 Å². The molecule has 1 aromatic rings. The van der Waals surface area contributed by atoms with Gasteiger partial charge in [0.15, 0.2) is 0 Å². The zero-order valence-electron chi connectivity index (χ0n) is 11.3. The first-order valence-corrected chi connectivity index (χ1v) is 7.01. The highest BCUT2D eigenvalue weighted by molar-refractivity contribution is 5.77. The van der Waals surface area contributed by atoms with Crippen LogP contribution in [0.25, 0.3) is 0 Å². The molecular weight excluding hydrogens is 240 g/mol. The standard InChI is InChI=1S/C15H22N2O2/c18-15(13-14-7-3-1-4-8-14)16-19-12-11-17-9-5-2-6-10-17/h1,3-4,7-8H,2,5-6,9-13H2,(H,16,18). The number of nitrogens with zero attached hydrogens (tertiary/aromatic N) is 1. The van der Waals surface area contributed by atoms with E-state index in [-0.39, 0.29) is 5.91 Å². The summed E-state index contributed by atoms with van der Waals surface area (Å²) in [6, 6.07) is 9.68. The van der Waals surface area contributed by atoms with Crippen molar-refractivity contribution in [3.8, 4) is 0 Å². The molecule has 104 valence electrons. The highest BCUT2D eigenvalue weighted by Crippen LogP contribution is 2.07. The third-order valence-electron chi connectivity index (χ3n) is 3.35. The van der Waals surface area contributed by atoms with Crippen LogP contribution in [0.15, 0.2) is 30.3 Å². The van der Waals surface area contributed by atoms with Crippen molar-refractivity contribution < 1.29 is 9.63 Å². The van der Waals surface area contributed by atoms with E-state index in [0.717, 1.165) is 25.2 Å². The minimum atomic E-state index is -0.0927. The number of benzene rings is 1. The van der Waals surface area contributed by atoms with Crippen molar-refractivity contribution in [3.63, 3.8) is 0 Å². The lowest BCUT2D eigenvalue weighted by Crippen LogP contribution is -2.35. The van der Waals surface area contributed by atoms with Crippen LogP contribution in [0.4, 0.5) is 0 Å². The average Bonchev–Trinajstić information content (AvgIpc) is 2.46. The molecule has 0 radical (unpaired) electrons. The first kappa shape index (κ1) is 14.0. The van der Waals surface area contributed by atoms with Crippen LogP contribution in [0.1, 0.15) is 24.8 Å². The first-order valence-electron chi connectivity index (χ1n) is 7.01. The number of hydrogen-bond donors (Lipinski definition) is 1. The van der Waals surface area contributed by atoms with Crippen molar-refractivity contribution in [2.75, 3.05) is 26.2 Å². The second-order valence-corrected chi connectivity index (χ2v) is 4.94. The largest absolute Gasteiger partial charge is 0.301 e. The topological polar surface area (TPSA) is 41.6 Å². The molecule has 2 rings (SSSR count). The molecule has 4 nitrogen and oxygen atoms in total. The summed E-state index contributed by atoms with van der Waals surface area (Å²) in [5, 5.41) is 0. The number of hydroxylamine groups is 1. The Morgan fingerprint density at radius 2 is 1.89 bits per heavy atom. The predicted molar refractivity (Wildman–Crippen MR) is 74.5 cm³/mol. The number of carbonyl (C=O) groups excluding carboxylic acids is 1. The Labute approximate surface area is 114 Å². The summed E-state index contributed by atoms with van der Waals surface area (Å²) in [5.41, 5.74) is 3.50. The Kier molecular flexibility index (Phi) is 5.85. The maximum Gasteiger partial charge on any atom is 0.247 e. The fourth-order valence-corrected chi connectivity index (χ4v) is 2.31. The Hall–Kier alpha value is -1.39. The molecule has 4 heteroatoms. The quantitative estimate of drug-likeness (QED) is 0.627. The predicted octanol–water partition coefficient (Wildman–Crippen LogP) is 1.76. The van der Waals surface area contributed by atoms with Gasteiger partial charge in [0.1, 0.15) is 0 Å². The molecule has 19 heavy (non-hydrogen) atoms. The van der Waals surface area contributed by atoms with Gasteiger partial charge in [0.25, 0.3) is 0 Å². The molecule has 1 aliphatic rings. The zero-order chi connectivity index (χ0) is 13.3. The first-order chi connectivity index (χ1) is 9.34. The van der Waals surface area contributed by atoms with E-state index in [2.05, 4.69) is 10.4 Å². The summed E-state index contributed by atoms with van der Waals surface area (Å²) < 4.78 is 0. The highest BCUT2D eigenvalue weighted by Gasteiger charge is 2.09. The highest BCUT2D eigenvalue weighted by atomic mass is 16.6. The number of amides is 1. The minimum absolute atomic E-state index is 0.0927. The summed E-state index contributed by atoms with van der Waals surface area (Å²) >= 11 is 0. The summed E-state index contributed by atoms with van der Waals surface area (Å²) in [5.74, 6) is -0.0927. The Bertz CT molecular complexity index is 375. The fraction of sp³-hybridized carbons (Fsp3) is 0.533. The van der Waals surface area contributed by atoms with E-state index in [9.17, 15) is 4.79 Å². The number of rotatable bonds is 6. The van der Waals surface area contributed by atoms with Crippen LogP contribution in [-0.4, -0.2) is 37.0 Å². The van der Waals surface area contributed by atoms with Crippen LogP contribution in [0, 0.1) is 0 Å². The molecule has 0 spiro atoms. The third kappa shape index (κ3) is 5.41. The normalized spacial score (nSPS) is 16.2. The van der Waals surface area contributed by atoms with Crippen molar-refractivity contribution >= 4 is 5.91 Å². The van der Waals surface area contributed by atoms with E-state index in [1.54, 1.807) is 0 Å². The van der Waals surface area contributed by atoms with Crippen molar-refractivity contribution in [3.05, 3.63) is 35.9 Å². The van der Waals surface area contributed by atoms with E-state index in [0.29, 0.717) is 13.0 Å². The van der Waals surface area contributed by atoms with Crippen LogP contribution in [0.3, 0.4) is 0 Å². The zero-order valence-corrected chi connectivity index (χ0v) is 11.3. The lowest BCUT2D eigenvalue weighted by molar-refractivity contribution is -0.133. The molecular formula is C15H22N2O2. The second-order valence-electron chi connectivity index (χ2n) is 4.94. The molecule has 1 aromatic carbocycles. The average molecular weight is 262 g/mol. The lowest BCUT2D eigenvalue weighted by atomic mass is 10.1. The lowest BCUT2D eigenvalue weighted by Gasteiger charge is -2.25. The molecule has 1 heterocycles. The Morgan fingerprint density at radius 1 is 1.16 bits per heavy atom. The Balaban J connectivity index is 1.56. The smallest absolute Gasteiger partial charge is 0.247 e. The van der Waals surface area contributed by atoms with E-state index < -0.39 is 0 Å². The molecule has 1 amide bonds. The molecule has 1 saturated heterocycles. The van der Waals surface area contributed by atoms with Gasteiger partial charge in [0, 0.05) is 6.54 Å². The van der Waals surface area contributed by atoms with Crippen LogP contribution in [0.2, 0.25) is 0 Å². The molecule has 0 saturated carbocycles. The van der Waals surface area contributed by atoms with Gasteiger partial charge >= 0.3 is 0 Å². The Morgan fingerprint density at radius 3 is 2.63 bits per heavy atom. The van der Waals surface area contributed by atoms with Crippen molar-refractivity contribution in [2.24, 2.45) is 0 Å². The van der Waals surface area contributed by atoms with Gasteiger partial charge in [-0.3, -0.25) is 9.63 Å². The molecule has 0 aliphatic carbocycles. The van der Waals surface area contributed by atoms with Crippen molar-refractivity contribution in [1.82, 2.24) is 10.4 Å². The van der Waals surface area contributed by atoms with E-state index in [1.165, 1.54) is 19.3 Å². The minimum Gasteiger partial charge on any atom is -0.301 e. The summed E-state index contributed by atoms with van der Waals surface area (Å²) in [6.07, 6.45) is 4.26.